The van der Waals surface area contributed by atoms with Crippen molar-refractivity contribution in [3.63, 3.8) is 0 Å². The number of aliphatic carboxylic acids is 1. The first-order chi connectivity index (χ1) is 11.8. The number of carbonyl (C=O) groups excluding carboxylic acids is 1. The summed E-state index contributed by atoms with van der Waals surface area (Å²) in [6.07, 6.45) is 3.50. The number of carboxylic acids is 1. The number of benzene rings is 1. The van der Waals surface area contributed by atoms with Gasteiger partial charge in [-0.3, -0.25) is 4.79 Å². The Morgan fingerprint density at radius 3 is 2.64 bits per heavy atom. The van der Waals surface area contributed by atoms with E-state index in [1.807, 2.05) is 25.1 Å². The van der Waals surface area contributed by atoms with Gasteiger partial charge in [0.1, 0.15) is 6.04 Å². The number of hydrogen-bond acceptors (Lipinski definition) is 3. The maximum absolute atomic E-state index is 12.8. The quantitative estimate of drug-likeness (QED) is 0.886. The van der Waals surface area contributed by atoms with E-state index >= 15 is 0 Å². The molecule has 1 aliphatic carbocycles. The molecule has 1 unspecified atom stereocenters. The van der Waals surface area contributed by atoms with E-state index in [1.165, 1.54) is 25.1 Å². The Morgan fingerprint density at radius 1 is 1.40 bits per heavy atom. The number of hydrogen-bond donors (Lipinski definition) is 1. The largest absolute Gasteiger partial charge is 0.480 e. The first-order valence-electron chi connectivity index (χ1n) is 8.15. The Bertz CT molecular complexity index is 842. The number of nitrogens with zero attached hydrogens (tertiary/aromatic N) is 3. The van der Waals surface area contributed by atoms with Crippen LogP contribution < -0.4 is 0 Å². The van der Waals surface area contributed by atoms with Crippen molar-refractivity contribution in [2.45, 2.75) is 38.6 Å². The van der Waals surface area contributed by atoms with E-state index in [4.69, 9.17) is 16.7 Å². The van der Waals surface area contributed by atoms with Gasteiger partial charge in [0.2, 0.25) is 0 Å². The standard InChI is InChI=1S/C18H20ClN3O3/c1-10-4-7-13(8-15(10)19)22-16(12-5-6-12)14(9-20-22)17(23)21(3)11(2)18(24)25/h4,7-9,11-12H,5-6H2,1-3H3,(H,24,25). The van der Waals surface area contributed by atoms with Crippen LogP contribution in [0.1, 0.15) is 47.3 Å². The van der Waals surface area contributed by atoms with E-state index < -0.39 is 12.0 Å². The van der Waals surface area contributed by atoms with Crippen molar-refractivity contribution in [2.24, 2.45) is 0 Å². The molecule has 1 atom stereocenters. The van der Waals surface area contributed by atoms with Crippen LogP contribution >= 0.6 is 11.6 Å². The fourth-order valence-electron chi connectivity index (χ4n) is 2.72. The number of rotatable bonds is 5. The Hall–Kier alpha value is -2.34. The van der Waals surface area contributed by atoms with E-state index in [9.17, 15) is 9.59 Å². The lowest BCUT2D eigenvalue weighted by atomic mass is 10.1. The van der Waals surface area contributed by atoms with Gasteiger partial charge in [-0.1, -0.05) is 17.7 Å². The summed E-state index contributed by atoms with van der Waals surface area (Å²) in [5.41, 5.74) is 3.05. The van der Waals surface area contributed by atoms with Gasteiger partial charge in [0.25, 0.3) is 5.91 Å². The maximum Gasteiger partial charge on any atom is 0.326 e. The lowest BCUT2D eigenvalue weighted by Gasteiger charge is -2.21. The highest BCUT2D eigenvalue weighted by Crippen LogP contribution is 2.43. The Morgan fingerprint density at radius 2 is 2.08 bits per heavy atom. The summed E-state index contributed by atoms with van der Waals surface area (Å²) in [4.78, 5) is 25.2. The summed E-state index contributed by atoms with van der Waals surface area (Å²) in [5.74, 6) is -1.11. The van der Waals surface area contributed by atoms with Gasteiger partial charge < -0.3 is 10.0 Å². The third-order valence-electron chi connectivity index (χ3n) is 4.66. The number of carbonyl (C=O) groups is 2. The fourth-order valence-corrected chi connectivity index (χ4v) is 2.90. The molecule has 1 saturated carbocycles. The second-order valence-corrected chi connectivity index (χ2v) is 6.90. The van der Waals surface area contributed by atoms with Gasteiger partial charge >= 0.3 is 5.97 Å². The van der Waals surface area contributed by atoms with Crippen LogP contribution in [0.15, 0.2) is 24.4 Å². The minimum Gasteiger partial charge on any atom is -0.480 e. The molecule has 2 aromatic rings. The van der Waals surface area contributed by atoms with Gasteiger partial charge in [0.15, 0.2) is 0 Å². The number of aromatic nitrogens is 2. The van der Waals surface area contributed by atoms with Gasteiger partial charge in [0, 0.05) is 18.0 Å². The molecule has 0 spiro atoms. The van der Waals surface area contributed by atoms with Crippen molar-refractivity contribution in [1.82, 2.24) is 14.7 Å². The molecule has 1 N–H and O–H groups in total. The molecular weight excluding hydrogens is 342 g/mol. The normalized spacial score (nSPS) is 15.0. The number of amides is 1. The van der Waals surface area contributed by atoms with Crippen molar-refractivity contribution >= 4 is 23.5 Å². The van der Waals surface area contributed by atoms with Crippen LogP contribution in [0.5, 0.6) is 0 Å². The Labute approximate surface area is 151 Å². The molecule has 132 valence electrons. The summed E-state index contributed by atoms with van der Waals surface area (Å²) in [6, 6.07) is 4.75. The first-order valence-corrected chi connectivity index (χ1v) is 8.53. The number of likely N-dealkylation sites (N-methyl/N-ethyl adjacent to an activating group) is 1. The number of aryl methyl sites for hydroxylation is 1. The van der Waals surface area contributed by atoms with E-state index in [0.29, 0.717) is 10.6 Å². The summed E-state index contributed by atoms with van der Waals surface area (Å²) >= 11 is 6.23. The molecule has 0 radical (unpaired) electrons. The molecule has 1 fully saturated rings. The highest BCUT2D eigenvalue weighted by atomic mass is 35.5. The zero-order chi connectivity index (χ0) is 18.3. The van der Waals surface area contributed by atoms with E-state index in [2.05, 4.69) is 5.10 Å². The summed E-state index contributed by atoms with van der Waals surface area (Å²) in [6.45, 7) is 3.41. The van der Waals surface area contributed by atoms with Crippen molar-refractivity contribution in [3.05, 3.63) is 46.2 Å². The van der Waals surface area contributed by atoms with Crippen LogP contribution in [0.4, 0.5) is 0 Å². The second kappa shape index (κ2) is 6.52. The van der Waals surface area contributed by atoms with Crippen LogP contribution in [0, 0.1) is 6.92 Å². The van der Waals surface area contributed by atoms with Gasteiger partial charge in [-0.15, -0.1) is 0 Å². The predicted octanol–water partition coefficient (Wildman–Crippen LogP) is 3.26. The smallest absolute Gasteiger partial charge is 0.326 e. The van der Waals surface area contributed by atoms with Crippen LogP contribution in [-0.4, -0.2) is 44.8 Å². The zero-order valence-electron chi connectivity index (χ0n) is 14.4. The summed E-state index contributed by atoms with van der Waals surface area (Å²) in [5, 5.41) is 14.2. The Kier molecular flexibility index (Phi) is 4.56. The fraction of sp³-hybridized carbons (Fsp3) is 0.389. The van der Waals surface area contributed by atoms with Gasteiger partial charge in [-0.2, -0.15) is 5.10 Å². The number of halogens is 1. The topological polar surface area (TPSA) is 75.4 Å². The van der Waals surface area contributed by atoms with Crippen LogP contribution in [-0.2, 0) is 4.79 Å². The molecule has 0 saturated heterocycles. The highest BCUT2D eigenvalue weighted by molar-refractivity contribution is 6.31. The van der Waals surface area contributed by atoms with Crippen molar-refractivity contribution in [3.8, 4) is 5.69 Å². The van der Waals surface area contributed by atoms with E-state index in [0.717, 1.165) is 29.8 Å². The molecule has 1 heterocycles. The van der Waals surface area contributed by atoms with Crippen molar-refractivity contribution < 1.29 is 14.7 Å². The number of carboxylic acid groups (broad SMARTS) is 1. The lowest BCUT2D eigenvalue weighted by Crippen LogP contribution is -2.40. The predicted molar refractivity (Wildman–Crippen MR) is 94.5 cm³/mol. The van der Waals surface area contributed by atoms with Crippen molar-refractivity contribution in [2.75, 3.05) is 7.05 Å². The average molecular weight is 362 g/mol. The molecular formula is C18H20ClN3O3. The van der Waals surface area contributed by atoms with Gasteiger partial charge in [0.05, 0.1) is 23.1 Å². The van der Waals surface area contributed by atoms with Gasteiger partial charge in [-0.25, -0.2) is 9.48 Å². The third kappa shape index (κ3) is 3.26. The molecule has 0 bridgehead atoms. The SMILES string of the molecule is Cc1ccc(-n2ncc(C(=O)N(C)C(C)C(=O)O)c2C2CC2)cc1Cl. The van der Waals surface area contributed by atoms with E-state index in [1.54, 1.807) is 4.68 Å². The monoisotopic (exact) mass is 361 g/mol. The molecule has 0 aliphatic heterocycles. The molecule has 6 nitrogen and oxygen atoms in total. The first kappa shape index (κ1) is 17.5. The minimum absolute atomic E-state index is 0.259. The highest BCUT2D eigenvalue weighted by Gasteiger charge is 2.35. The molecule has 25 heavy (non-hydrogen) atoms. The van der Waals surface area contributed by atoms with Gasteiger partial charge in [-0.05, 0) is 44.4 Å². The summed E-state index contributed by atoms with van der Waals surface area (Å²) < 4.78 is 1.75. The Balaban J connectivity index is 2.02. The zero-order valence-corrected chi connectivity index (χ0v) is 15.1. The maximum atomic E-state index is 12.8. The second-order valence-electron chi connectivity index (χ2n) is 6.49. The molecule has 1 aromatic carbocycles. The van der Waals surface area contributed by atoms with Crippen LogP contribution in [0.2, 0.25) is 5.02 Å². The minimum atomic E-state index is -1.04. The van der Waals surface area contributed by atoms with Crippen LogP contribution in [0.3, 0.4) is 0 Å². The van der Waals surface area contributed by atoms with Crippen LogP contribution in [0.25, 0.3) is 5.69 Å². The molecule has 3 rings (SSSR count). The van der Waals surface area contributed by atoms with Crippen molar-refractivity contribution in [1.29, 1.82) is 0 Å². The molecule has 1 aliphatic rings. The third-order valence-corrected chi connectivity index (χ3v) is 5.07. The summed E-state index contributed by atoms with van der Waals surface area (Å²) in [7, 11) is 1.50. The average Bonchev–Trinajstić information content (AvgIpc) is 3.33. The van der Waals surface area contributed by atoms with E-state index in [-0.39, 0.29) is 11.8 Å². The molecule has 1 amide bonds. The molecule has 1 aromatic heterocycles. The molecule has 7 heteroatoms. The lowest BCUT2D eigenvalue weighted by molar-refractivity contribution is -0.141.